The molecular weight excluding hydrogens is 337 g/mol. The molecule has 0 spiro atoms. The van der Waals surface area contributed by atoms with Crippen molar-refractivity contribution in [3.05, 3.63) is 64.7 Å². The number of benzene rings is 2. The van der Waals surface area contributed by atoms with Crippen LogP contribution in [0.2, 0.25) is 0 Å². The summed E-state index contributed by atoms with van der Waals surface area (Å²) < 4.78 is 18.3. The highest BCUT2D eigenvalue weighted by atomic mass is 16.7. The molecule has 0 bridgehead atoms. The van der Waals surface area contributed by atoms with Gasteiger partial charge in [-0.3, -0.25) is 0 Å². The molecule has 1 saturated heterocycles. The lowest BCUT2D eigenvalue weighted by Gasteiger charge is -2.32. The maximum Gasteiger partial charge on any atom is 0.480 e. The van der Waals surface area contributed by atoms with E-state index in [2.05, 4.69) is 24.3 Å². The largest absolute Gasteiger partial charge is 0.488 e. The molecule has 4 nitrogen and oxygen atoms in total. The van der Waals surface area contributed by atoms with E-state index in [4.69, 9.17) is 19.8 Å². The molecule has 0 amide bonds. The second kappa shape index (κ2) is 7.31. The summed E-state index contributed by atoms with van der Waals surface area (Å²) in [6.45, 7) is 12.8. The fraction of sp³-hybridized carbons (Fsp3) is 0.455. The molecule has 144 valence electrons. The molecule has 1 aliphatic heterocycles. The molecule has 2 aromatic carbocycles. The number of rotatable bonds is 5. The van der Waals surface area contributed by atoms with Crippen molar-refractivity contribution in [3.63, 3.8) is 0 Å². The van der Waals surface area contributed by atoms with Crippen LogP contribution in [0.5, 0.6) is 5.75 Å². The minimum atomic E-state index is -0.468. The minimum Gasteiger partial charge on any atom is -0.488 e. The first-order chi connectivity index (χ1) is 12.6. The summed E-state index contributed by atoms with van der Waals surface area (Å²) in [6, 6.07) is 14.3. The Morgan fingerprint density at radius 1 is 0.963 bits per heavy atom. The highest BCUT2D eigenvalue weighted by Crippen LogP contribution is 2.40. The summed E-state index contributed by atoms with van der Waals surface area (Å²) in [7, 11) is -0.468. The molecule has 0 unspecified atom stereocenters. The maximum atomic E-state index is 6.50. The first-order valence-electron chi connectivity index (χ1n) is 9.50. The van der Waals surface area contributed by atoms with Crippen molar-refractivity contribution in [1.82, 2.24) is 0 Å². The van der Waals surface area contributed by atoms with Crippen LogP contribution in [-0.2, 0) is 15.9 Å². The van der Waals surface area contributed by atoms with E-state index in [0.29, 0.717) is 6.61 Å². The Morgan fingerprint density at radius 3 is 2.00 bits per heavy atom. The van der Waals surface area contributed by atoms with Crippen molar-refractivity contribution in [1.29, 1.82) is 0 Å². The number of hydrogen-bond acceptors (Lipinski definition) is 4. The maximum absolute atomic E-state index is 6.50. The van der Waals surface area contributed by atoms with Gasteiger partial charge in [-0.05, 0) is 63.8 Å². The highest BCUT2D eigenvalue weighted by Gasteiger charge is 2.53. The number of nitrogens with two attached hydrogens (primary N) is 1. The predicted octanol–water partition coefficient (Wildman–Crippen LogP) is 4.51. The van der Waals surface area contributed by atoms with Crippen LogP contribution in [0.25, 0.3) is 0 Å². The average Bonchev–Trinajstić information content (AvgIpc) is 2.82. The van der Waals surface area contributed by atoms with Gasteiger partial charge in [-0.25, -0.2) is 0 Å². The molecule has 0 radical (unpaired) electrons. The fourth-order valence-corrected chi connectivity index (χ4v) is 3.33. The third-order valence-electron chi connectivity index (χ3n) is 5.66. The molecule has 0 aliphatic carbocycles. The highest BCUT2D eigenvalue weighted by molar-refractivity contribution is 6.47. The third kappa shape index (κ3) is 4.05. The summed E-state index contributed by atoms with van der Waals surface area (Å²) in [5.74, 6) is 0.551. The third-order valence-corrected chi connectivity index (χ3v) is 5.66. The summed E-state index contributed by atoms with van der Waals surface area (Å²) in [5, 5.41) is 0. The molecule has 1 aliphatic rings. The lowest BCUT2D eigenvalue weighted by Crippen LogP contribution is -2.41. The molecule has 1 heterocycles. The van der Waals surface area contributed by atoms with Gasteiger partial charge in [0.2, 0.25) is 0 Å². The van der Waals surface area contributed by atoms with Gasteiger partial charge in [0.15, 0.2) is 0 Å². The van der Waals surface area contributed by atoms with Crippen LogP contribution in [0.4, 0.5) is 0 Å². The first kappa shape index (κ1) is 19.9. The van der Waals surface area contributed by atoms with E-state index in [1.54, 1.807) is 0 Å². The molecule has 3 rings (SSSR count). The van der Waals surface area contributed by atoms with Crippen LogP contribution < -0.4 is 10.5 Å². The summed E-state index contributed by atoms with van der Waals surface area (Å²) >= 11 is 0. The number of hydrogen-bond donors (Lipinski definition) is 1. The summed E-state index contributed by atoms with van der Waals surface area (Å²) in [4.78, 5) is 0. The minimum absolute atomic E-state index is 0.355. The van der Waals surface area contributed by atoms with Crippen LogP contribution in [0.15, 0.2) is 42.5 Å². The average molecular weight is 367 g/mol. The van der Waals surface area contributed by atoms with Crippen molar-refractivity contribution in [2.75, 3.05) is 0 Å². The second-order valence-electron chi connectivity index (χ2n) is 8.41. The molecule has 0 saturated carbocycles. The Morgan fingerprint density at radius 2 is 1.48 bits per heavy atom. The van der Waals surface area contributed by atoms with Crippen molar-refractivity contribution >= 4 is 7.12 Å². The molecule has 5 heteroatoms. The number of ether oxygens (including phenoxy) is 1. The van der Waals surface area contributed by atoms with E-state index < -0.39 is 18.3 Å². The SMILES string of the molecule is Cc1cc([C@@H](N)B2OC(C)(C)C(C)(C)O2)cc(C)c1OCc1ccccc1. The zero-order valence-electron chi connectivity index (χ0n) is 17.2. The van der Waals surface area contributed by atoms with Gasteiger partial charge < -0.3 is 19.8 Å². The zero-order valence-corrected chi connectivity index (χ0v) is 17.2. The molecule has 1 fully saturated rings. The van der Waals surface area contributed by atoms with Crippen LogP contribution in [-0.4, -0.2) is 18.3 Å². The molecular formula is C22H30BNO3. The monoisotopic (exact) mass is 367 g/mol. The van der Waals surface area contributed by atoms with Crippen molar-refractivity contribution in [3.8, 4) is 5.75 Å². The molecule has 2 N–H and O–H groups in total. The van der Waals surface area contributed by atoms with E-state index in [0.717, 1.165) is 28.0 Å². The molecule has 2 aromatic rings. The lowest BCUT2D eigenvalue weighted by atomic mass is 9.74. The van der Waals surface area contributed by atoms with Gasteiger partial charge in [0.1, 0.15) is 12.4 Å². The van der Waals surface area contributed by atoms with E-state index in [1.165, 1.54) is 0 Å². The van der Waals surface area contributed by atoms with Gasteiger partial charge in [0.05, 0.1) is 17.1 Å². The van der Waals surface area contributed by atoms with Gasteiger partial charge >= 0.3 is 7.12 Å². The fourth-order valence-electron chi connectivity index (χ4n) is 3.33. The Hall–Kier alpha value is -1.82. The van der Waals surface area contributed by atoms with E-state index in [1.807, 2.05) is 59.7 Å². The summed E-state index contributed by atoms with van der Waals surface area (Å²) in [5.41, 5.74) is 9.99. The second-order valence-corrected chi connectivity index (χ2v) is 8.41. The predicted molar refractivity (Wildman–Crippen MR) is 110 cm³/mol. The zero-order chi connectivity index (χ0) is 19.8. The van der Waals surface area contributed by atoms with Crippen molar-refractivity contribution in [2.24, 2.45) is 5.73 Å². The van der Waals surface area contributed by atoms with Crippen molar-refractivity contribution < 1.29 is 14.0 Å². The van der Waals surface area contributed by atoms with Gasteiger partial charge in [-0.1, -0.05) is 42.5 Å². The molecule has 0 aromatic heterocycles. The van der Waals surface area contributed by atoms with E-state index >= 15 is 0 Å². The lowest BCUT2D eigenvalue weighted by molar-refractivity contribution is 0.00578. The van der Waals surface area contributed by atoms with Crippen LogP contribution in [0.3, 0.4) is 0 Å². The standard InChI is InChI=1S/C22H30BNO3/c1-15-12-18(20(24)23-26-21(3,4)22(5,6)27-23)13-16(2)19(15)25-14-17-10-8-7-9-11-17/h7-13,20H,14,24H2,1-6H3/t20-/m1/s1. The first-order valence-corrected chi connectivity index (χ1v) is 9.50. The Bertz CT molecular complexity index is 765. The molecule has 27 heavy (non-hydrogen) atoms. The Balaban J connectivity index is 1.76. The van der Waals surface area contributed by atoms with E-state index in [9.17, 15) is 0 Å². The van der Waals surface area contributed by atoms with Crippen LogP contribution >= 0.6 is 0 Å². The van der Waals surface area contributed by atoms with Crippen molar-refractivity contribution in [2.45, 2.75) is 65.3 Å². The topological polar surface area (TPSA) is 53.7 Å². The van der Waals surface area contributed by atoms with Gasteiger partial charge in [0.25, 0.3) is 0 Å². The quantitative estimate of drug-likeness (QED) is 0.790. The van der Waals surface area contributed by atoms with Gasteiger partial charge in [0, 0.05) is 0 Å². The molecule has 1 atom stereocenters. The normalized spacial score (nSPS) is 19.1. The number of aryl methyl sites for hydroxylation is 2. The Labute approximate surface area is 163 Å². The van der Waals surface area contributed by atoms with Gasteiger partial charge in [-0.2, -0.15) is 0 Å². The van der Waals surface area contributed by atoms with E-state index in [-0.39, 0.29) is 5.94 Å². The van der Waals surface area contributed by atoms with Gasteiger partial charge in [-0.15, -0.1) is 0 Å². The summed E-state index contributed by atoms with van der Waals surface area (Å²) in [6.07, 6.45) is 0. The van der Waals surface area contributed by atoms with Crippen LogP contribution in [0, 0.1) is 13.8 Å². The van der Waals surface area contributed by atoms with Crippen LogP contribution in [0.1, 0.15) is 55.9 Å². The Kier molecular flexibility index (Phi) is 5.39. The smallest absolute Gasteiger partial charge is 0.480 e.